The molecule has 2 N–H and O–H groups in total. The highest BCUT2D eigenvalue weighted by atomic mass is 16.6. The van der Waals surface area contributed by atoms with Gasteiger partial charge in [0, 0.05) is 18.5 Å². The van der Waals surface area contributed by atoms with E-state index in [2.05, 4.69) is 15.3 Å². The Kier molecular flexibility index (Phi) is 3.37. The minimum Gasteiger partial charge on any atom is -0.372 e. The second-order valence-electron chi connectivity index (χ2n) is 3.61. The van der Waals surface area contributed by atoms with Crippen molar-refractivity contribution < 1.29 is 9.85 Å². The predicted octanol–water partition coefficient (Wildman–Crippen LogP) is 1.84. The Morgan fingerprint density at radius 2 is 2.05 bits per heavy atom. The first kappa shape index (κ1) is 12.5. The largest absolute Gasteiger partial charge is 0.372 e. The first-order chi connectivity index (χ1) is 9.08. The van der Waals surface area contributed by atoms with Crippen LogP contribution in [0.1, 0.15) is 5.82 Å². The fourth-order valence-electron chi connectivity index (χ4n) is 1.51. The van der Waals surface area contributed by atoms with Gasteiger partial charge in [-0.3, -0.25) is 20.2 Å². The number of hydrogen-bond acceptors (Lipinski definition) is 6. The number of non-ortho nitro benzene ring substituents is 1. The molecule has 2 aromatic rings. The van der Waals surface area contributed by atoms with Gasteiger partial charge < -0.3 is 10.3 Å². The zero-order valence-electron chi connectivity index (χ0n) is 9.57. The van der Waals surface area contributed by atoms with Crippen LogP contribution in [0.3, 0.4) is 0 Å². The van der Waals surface area contributed by atoms with E-state index in [9.17, 15) is 20.2 Å². The molecular formula is C10H9N5O4. The van der Waals surface area contributed by atoms with Crippen LogP contribution in [0.5, 0.6) is 0 Å². The number of nitrogens with one attached hydrogen (secondary N) is 2. The maximum Gasteiger partial charge on any atom is 0.299 e. The summed E-state index contributed by atoms with van der Waals surface area (Å²) < 4.78 is 0. The molecule has 0 radical (unpaired) electrons. The van der Waals surface area contributed by atoms with Crippen molar-refractivity contribution in [3.8, 4) is 0 Å². The maximum atomic E-state index is 10.9. The van der Waals surface area contributed by atoms with Gasteiger partial charge in [-0.2, -0.15) is 0 Å². The van der Waals surface area contributed by atoms with Gasteiger partial charge >= 0.3 is 0 Å². The number of benzene rings is 1. The molecule has 2 rings (SSSR count). The standard InChI is InChI=1S/C10H9N5O4/c16-14(17)7-1-2-8(9(5-7)15(18)19)13-6-10-11-3-4-12-10/h1-5,13H,6H2,(H,11,12). The van der Waals surface area contributed by atoms with E-state index in [0.29, 0.717) is 5.82 Å². The summed E-state index contributed by atoms with van der Waals surface area (Å²) in [5, 5.41) is 24.3. The van der Waals surface area contributed by atoms with Gasteiger partial charge in [0.1, 0.15) is 11.5 Å². The molecule has 0 bridgehead atoms. The molecule has 0 aliphatic rings. The lowest BCUT2D eigenvalue weighted by Crippen LogP contribution is -2.04. The number of rotatable bonds is 5. The summed E-state index contributed by atoms with van der Waals surface area (Å²) in [5.74, 6) is 0.604. The van der Waals surface area contributed by atoms with E-state index in [1.165, 1.54) is 12.1 Å². The number of nitro groups is 2. The molecule has 0 aliphatic carbocycles. The van der Waals surface area contributed by atoms with Crippen molar-refractivity contribution in [3.05, 3.63) is 56.6 Å². The van der Waals surface area contributed by atoms with Crippen molar-refractivity contribution in [2.45, 2.75) is 6.54 Å². The Balaban J connectivity index is 2.24. The van der Waals surface area contributed by atoms with Crippen LogP contribution in [0.2, 0.25) is 0 Å². The third-order valence-electron chi connectivity index (χ3n) is 2.39. The van der Waals surface area contributed by atoms with Gasteiger partial charge in [0.05, 0.1) is 22.5 Å². The molecule has 98 valence electrons. The molecule has 0 saturated carbocycles. The second-order valence-corrected chi connectivity index (χ2v) is 3.61. The number of anilines is 1. The molecule has 0 saturated heterocycles. The van der Waals surface area contributed by atoms with Crippen LogP contribution in [0.15, 0.2) is 30.6 Å². The molecule has 0 spiro atoms. The highest BCUT2D eigenvalue weighted by Crippen LogP contribution is 2.29. The number of aromatic amines is 1. The number of H-pyrrole nitrogens is 1. The Bertz CT molecular complexity index is 610. The highest BCUT2D eigenvalue weighted by molar-refractivity contribution is 5.65. The van der Waals surface area contributed by atoms with Crippen LogP contribution in [0.25, 0.3) is 0 Å². The molecule has 1 aromatic carbocycles. The lowest BCUT2D eigenvalue weighted by Gasteiger charge is -2.05. The van der Waals surface area contributed by atoms with Crippen molar-refractivity contribution >= 4 is 17.1 Å². The van der Waals surface area contributed by atoms with E-state index in [4.69, 9.17) is 0 Å². The van der Waals surface area contributed by atoms with Gasteiger partial charge in [-0.15, -0.1) is 0 Å². The number of nitro benzene ring substituents is 2. The van der Waals surface area contributed by atoms with Gasteiger partial charge in [-0.05, 0) is 6.07 Å². The summed E-state index contributed by atoms with van der Waals surface area (Å²) in [6.45, 7) is 0.256. The van der Waals surface area contributed by atoms with Gasteiger partial charge in [-0.25, -0.2) is 4.98 Å². The van der Waals surface area contributed by atoms with E-state index in [1.807, 2.05) is 0 Å². The zero-order valence-corrected chi connectivity index (χ0v) is 9.57. The van der Waals surface area contributed by atoms with Gasteiger partial charge in [0.2, 0.25) is 0 Å². The number of hydrogen-bond donors (Lipinski definition) is 2. The summed E-state index contributed by atoms with van der Waals surface area (Å²) in [5.41, 5.74) is -0.469. The first-order valence-corrected chi connectivity index (χ1v) is 5.23. The lowest BCUT2D eigenvalue weighted by atomic mass is 10.2. The van der Waals surface area contributed by atoms with Gasteiger partial charge in [-0.1, -0.05) is 0 Å². The third kappa shape index (κ3) is 2.83. The molecule has 19 heavy (non-hydrogen) atoms. The highest BCUT2D eigenvalue weighted by Gasteiger charge is 2.19. The van der Waals surface area contributed by atoms with Crippen LogP contribution in [-0.4, -0.2) is 19.8 Å². The van der Waals surface area contributed by atoms with Crippen LogP contribution in [0, 0.1) is 20.2 Å². The molecule has 0 unspecified atom stereocenters. The van der Waals surface area contributed by atoms with E-state index in [1.54, 1.807) is 12.4 Å². The van der Waals surface area contributed by atoms with Crippen LogP contribution in [-0.2, 0) is 6.54 Å². The third-order valence-corrected chi connectivity index (χ3v) is 2.39. The zero-order chi connectivity index (χ0) is 13.8. The maximum absolute atomic E-state index is 10.9. The average Bonchev–Trinajstić information content (AvgIpc) is 2.89. The fourth-order valence-corrected chi connectivity index (χ4v) is 1.51. The SMILES string of the molecule is O=[N+]([O-])c1ccc(NCc2ncc[nH]2)c([N+](=O)[O-])c1. The van der Waals surface area contributed by atoms with E-state index >= 15 is 0 Å². The van der Waals surface area contributed by atoms with Crippen molar-refractivity contribution in [1.29, 1.82) is 0 Å². The number of aromatic nitrogens is 2. The molecule has 1 heterocycles. The molecule has 0 amide bonds. The predicted molar refractivity (Wildman–Crippen MR) is 65.7 cm³/mol. The van der Waals surface area contributed by atoms with Crippen LogP contribution >= 0.6 is 0 Å². The lowest BCUT2D eigenvalue weighted by molar-refractivity contribution is -0.393. The van der Waals surface area contributed by atoms with Crippen LogP contribution < -0.4 is 5.32 Å². The quantitative estimate of drug-likeness (QED) is 0.625. The number of imidazole rings is 1. The van der Waals surface area contributed by atoms with Crippen molar-refractivity contribution in [1.82, 2.24) is 9.97 Å². The van der Waals surface area contributed by atoms with Crippen molar-refractivity contribution in [3.63, 3.8) is 0 Å². The molecule has 9 heteroatoms. The summed E-state index contributed by atoms with van der Waals surface area (Å²) in [6, 6.07) is 3.43. The number of nitrogens with zero attached hydrogens (tertiary/aromatic N) is 3. The Morgan fingerprint density at radius 3 is 2.63 bits per heavy atom. The van der Waals surface area contributed by atoms with E-state index in [0.717, 1.165) is 6.07 Å². The summed E-state index contributed by atoms with van der Waals surface area (Å²) in [4.78, 5) is 26.9. The second kappa shape index (κ2) is 5.12. The smallest absolute Gasteiger partial charge is 0.299 e. The summed E-state index contributed by atoms with van der Waals surface area (Å²) >= 11 is 0. The first-order valence-electron chi connectivity index (χ1n) is 5.23. The molecule has 0 fully saturated rings. The molecule has 1 aromatic heterocycles. The molecule has 0 aliphatic heterocycles. The minimum atomic E-state index is -0.677. The van der Waals surface area contributed by atoms with Crippen molar-refractivity contribution in [2.24, 2.45) is 0 Å². The summed E-state index contributed by atoms with van der Waals surface area (Å²) in [7, 11) is 0. The van der Waals surface area contributed by atoms with Crippen LogP contribution in [0.4, 0.5) is 17.1 Å². The topological polar surface area (TPSA) is 127 Å². The minimum absolute atomic E-state index is 0.201. The van der Waals surface area contributed by atoms with Crippen molar-refractivity contribution in [2.75, 3.05) is 5.32 Å². The molecule has 0 atom stereocenters. The van der Waals surface area contributed by atoms with E-state index in [-0.39, 0.29) is 23.6 Å². The Morgan fingerprint density at radius 1 is 1.26 bits per heavy atom. The Hall–Kier alpha value is -2.97. The average molecular weight is 263 g/mol. The van der Waals surface area contributed by atoms with Gasteiger partial charge in [0.25, 0.3) is 11.4 Å². The fraction of sp³-hybridized carbons (Fsp3) is 0.100. The summed E-state index contributed by atoms with van der Waals surface area (Å²) in [6.07, 6.45) is 3.18. The molecular weight excluding hydrogens is 254 g/mol. The normalized spacial score (nSPS) is 10.1. The molecule has 9 nitrogen and oxygen atoms in total. The monoisotopic (exact) mass is 263 g/mol. The Labute approximate surface area is 106 Å². The van der Waals surface area contributed by atoms with E-state index < -0.39 is 9.85 Å². The van der Waals surface area contributed by atoms with Gasteiger partial charge in [0.15, 0.2) is 0 Å².